The zero-order chi connectivity index (χ0) is 14.8. The topological polar surface area (TPSA) is 61.7 Å². The second-order valence-electron chi connectivity index (χ2n) is 6.15. The van der Waals surface area contributed by atoms with Crippen molar-refractivity contribution in [2.75, 3.05) is 78.5 Å². The van der Waals surface area contributed by atoms with Crippen LogP contribution >= 0.6 is 0 Å². The van der Waals surface area contributed by atoms with E-state index in [0.29, 0.717) is 0 Å². The summed E-state index contributed by atoms with van der Waals surface area (Å²) in [5.74, 6) is 2.21. The highest BCUT2D eigenvalue weighted by molar-refractivity contribution is 5.82. The molecule has 22 heavy (non-hydrogen) atoms. The maximum absolute atomic E-state index is 4.52. The Morgan fingerprint density at radius 1 is 0.591 bits per heavy atom. The first-order valence-corrected chi connectivity index (χ1v) is 8.46. The Hall–Kier alpha value is -1.54. The molecule has 0 radical (unpaired) electrons. The lowest BCUT2D eigenvalue weighted by molar-refractivity contribution is -0.0664. The molecule has 0 aromatic heterocycles. The Bertz CT molecular complexity index is 404. The Kier molecular flexibility index (Phi) is 4.03. The van der Waals surface area contributed by atoms with Crippen LogP contribution in [0.3, 0.4) is 0 Å². The second-order valence-corrected chi connectivity index (χ2v) is 6.15. The van der Waals surface area contributed by atoms with Gasteiger partial charge in [-0.15, -0.1) is 0 Å². The summed E-state index contributed by atoms with van der Waals surface area (Å²) in [4.78, 5) is 13.8. The van der Waals surface area contributed by atoms with Gasteiger partial charge in [-0.2, -0.15) is 0 Å². The van der Waals surface area contributed by atoms with Crippen LogP contribution in [0.1, 0.15) is 0 Å². The predicted octanol–water partition coefficient (Wildman–Crippen LogP) is -1.94. The van der Waals surface area contributed by atoms with E-state index in [1.54, 1.807) is 0 Å². The number of rotatable bonds is 1. The lowest BCUT2D eigenvalue weighted by Gasteiger charge is -2.45. The third kappa shape index (κ3) is 2.85. The van der Waals surface area contributed by atoms with Crippen LogP contribution in [-0.4, -0.2) is 110 Å². The third-order valence-corrected chi connectivity index (χ3v) is 4.82. The maximum atomic E-state index is 4.52. The van der Waals surface area contributed by atoms with Gasteiger partial charge in [-0.3, -0.25) is 9.98 Å². The van der Waals surface area contributed by atoms with Crippen molar-refractivity contribution in [1.82, 2.24) is 30.5 Å². The van der Waals surface area contributed by atoms with Crippen LogP contribution in [0.25, 0.3) is 0 Å². The summed E-state index contributed by atoms with van der Waals surface area (Å²) in [7, 11) is 0. The van der Waals surface area contributed by atoms with Gasteiger partial charge in [0.2, 0.25) is 0 Å². The molecule has 0 aliphatic carbocycles. The summed E-state index contributed by atoms with van der Waals surface area (Å²) in [6, 6.07) is 0. The van der Waals surface area contributed by atoms with E-state index in [9.17, 15) is 0 Å². The van der Waals surface area contributed by atoms with Crippen molar-refractivity contribution >= 4 is 11.9 Å². The molecule has 0 unspecified atom stereocenters. The van der Waals surface area contributed by atoms with Gasteiger partial charge >= 0.3 is 0 Å². The Morgan fingerprint density at radius 3 is 1.32 bits per heavy atom. The molecule has 122 valence electrons. The quantitative estimate of drug-likeness (QED) is 0.587. The highest BCUT2D eigenvalue weighted by Crippen LogP contribution is 2.11. The van der Waals surface area contributed by atoms with Crippen LogP contribution in [0.5, 0.6) is 0 Å². The van der Waals surface area contributed by atoms with Crippen LogP contribution in [0.15, 0.2) is 9.98 Å². The van der Waals surface area contributed by atoms with Gasteiger partial charge < -0.3 is 20.4 Å². The molecule has 8 heteroatoms. The standard InChI is InChI=1S/C14H26N8/c1-2-16-13(15-1)19-5-9-21(10-6-19)22-11-7-20(8-12-22)14-17-3-4-18-14/h1-12H2,(H,15,16)(H,17,18). The summed E-state index contributed by atoms with van der Waals surface area (Å²) in [6.45, 7) is 12.5. The number of nitrogens with zero attached hydrogens (tertiary/aromatic N) is 6. The molecule has 0 aromatic carbocycles. The van der Waals surface area contributed by atoms with Crippen molar-refractivity contribution in [2.45, 2.75) is 0 Å². The van der Waals surface area contributed by atoms with Gasteiger partial charge in [-0.1, -0.05) is 0 Å². The van der Waals surface area contributed by atoms with Gasteiger partial charge in [0.15, 0.2) is 11.9 Å². The molecule has 0 amide bonds. The molecular weight excluding hydrogens is 280 g/mol. The number of aliphatic imine (C=N–C) groups is 2. The number of guanidine groups is 2. The molecule has 2 fully saturated rings. The first-order valence-electron chi connectivity index (χ1n) is 8.46. The summed E-state index contributed by atoms with van der Waals surface area (Å²) in [6.07, 6.45) is 0. The third-order valence-electron chi connectivity index (χ3n) is 4.82. The van der Waals surface area contributed by atoms with E-state index in [2.05, 4.69) is 40.4 Å². The molecule has 0 saturated carbocycles. The predicted molar refractivity (Wildman–Crippen MR) is 86.9 cm³/mol. The van der Waals surface area contributed by atoms with Gasteiger partial charge in [0.1, 0.15) is 0 Å². The number of piperazine rings is 2. The molecule has 4 aliphatic rings. The lowest BCUT2D eigenvalue weighted by Crippen LogP contribution is -2.61. The summed E-state index contributed by atoms with van der Waals surface area (Å²) in [5.41, 5.74) is 0. The van der Waals surface area contributed by atoms with Crippen molar-refractivity contribution in [3.05, 3.63) is 0 Å². The second kappa shape index (κ2) is 6.29. The van der Waals surface area contributed by atoms with Crippen molar-refractivity contribution in [1.29, 1.82) is 0 Å². The maximum Gasteiger partial charge on any atom is 0.194 e. The molecule has 0 spiro atoms. The van der Waals surface area contributed by atoms with Crippen molar-refractivity contribution in [3.63, 3.8) is 0 Å². The fourth-order valence-electron chi connectivity index (χ4n) is 3.58. The fraction of sp³-hybridized carbons (Fsp3) is 0.857. The average Bonchev–Trinajstić information content (AvgIpc) is 3.29. The number of hydrazine groups is 1. The van der Waals surface area contributed by atoms with Crippen LogP contribution in [-0.2, 0) is 0 Å². The number of hydrogen-bond acceptors (Lipinski definition) is 8. The van der Waals surface area contributed by atoms with Gasteiger partial charge in [0.05, 0.1) is 13.1 Å². The minimum absolute atomic E-state index is 0.926. The Morgan fingerprint density at radius 2 is 1.00 bits per heavy atom. The van der Waals surface area contributed by atoms with E-state index < -0.39 is 0 Å². The fourth-order valence-corrected chi connectivity index (χ4v) is 3.58. The number of nitrogens with one attached hydrogen (secondary N) is 2. The van der Waals surface area contributed by atoms with Crippen LogP contribution in [0.2, 0.25) is 0 Å². The molecule has 0 aromatic rings. The van der Waals surface area contributed by atoms with E-state index in [0.717, 1.165) is 90.5 Å². The van der Waals surface area contributed by atoms with E-state index in [1.807, 2.05) is 0 Å². The number of hydrogen-bond donors (Lipinski definition) is 2. The SMILES string of the molecule is C1CNC(N2CCN(N3CCN(C4=NCCN4)CC3)CC2)=N1. The minimum Gasteiger partial charge on any atom is -0.354 e. The Labute approximate surface area is 131 Å². The van der Waals surface area contributed by atoms with Crippen LogP contribution in [0.4, 0.5) is 0 Å². The Balaban J connectivity index is 1.24. The van der Waals surface area contributed by atoms with Crippen molar-refractivity contribution < 1.29 is 0 Å². The molecule has 2 saturated heterocycles. The molecular formula is C14H26N8. The zero-order valence-electron chi connectivity index (χ0n) is 13.2. The summed E-state index contributed by atoms with van der Waals surface area (Å²) >= 11 is 0. The largest absolute Gasteiger partial charge is 0.354 e. The molecule has 0 bridgehead atoms. The molecule has 4 aliphatic heterocycles. The summed E-state index contributed by atoms with van der Waals surface area (Å²) in [5, 5.41) is 11.8. The van der Waals surface area contributed by atoms with Crippen molar-refractivity contribution in [2.24, 2.45) is 9.98 Å². The van der Waals surface area contributed by atoms with E-state index in [1.165, 1.54) is 0 Å². The highest BCUT2D eigenvalue weighted by Gasteiger charge is 2.28. The average molecular weight is 306 g/mol. The van der Waals surface area contributed by atoms with E-state index in [4.69, 9.17) is 0 Å². The first kappa shape index (κ1) is 14.1. The normalized spacial score (nSPS) is 27.5. The summed E-state index contributed by atoms with van der Waals surface area (Å²) < 4.78 is 0. The lowest BCUT2D eigenvalue weighted by atomic mass is 10.3. The van der Waals surface area contributed by atoms with E-state index >= 15 is 0 Å². The first-order chi connectivity index (χ1) is 10.9. The van der Waals surface area contributed by atoms with Crippen molar-refractivity contribution in [3.8, 4) is 0 Å². The van der Waals surface area contributed by atoms with Crippen LogP contribution < -0.4 is 10.6 Å². The van der Waals surface area contributed by atoms with Crippen LogP contribution in [0, 0.1) is 0 Å². The molecule has 0 atom stereocenters. The van der Waals surface area contributed by atoms with Gasteiger partial charge in [-0.05, 0) is 0 Å². The molecule has 4 rings (SSSR count). The van der Waals surface area contributed by atoms with Gasteiger partial charge in [-0.25, -0.2) is 10.0 Å². The highest BCUT2D eigenvalue weighted by atomic mass is 15.7. The molecule has 4 heterocycles. The smallest absolute Gasteiger partial charge is 0.194 e. The molecule has 2 N–H and O–H groups in total. The van der Waals surface area contributed by atoms with E-state index in [-0.39, 0.29) is 0 Å². The van der Waals surface area contributed by atoms with Gasteiger partial charge in [0, 0.05) is 65.4 Å². The van der Waals surface area contributed by atoms with Gasteiger partial charge in [0.25, 0.3) is 0 Å². The monoisotopic (exact) mass is 306 g/mol. The zero-order valence-corrected chi connectivity index (χ0v) is 13.2. The minimum atomic E-state index is 0.926. The molecule has 8 nitrogen and oxygen atoms in total.